The maximum atomic E-state index is 12.2. The van der Waals surface area contributed by atoms with E-state index in [1.807, 2.05) is 19.6 Å². The number of hydrogen-bond donors (Lipinski definition) is 0. The summed E-state index contributed by atoms with van der Waals surface area (Å²) in [5.41, 5.74) is 0. The fraction of sp³-hybridized carbons (Fsp3) is 1.00. The Kier molecular flexibility index (Phi) is 4.89. The van der Waals surface area contributed by atoms with Gasteiger partial charge in [0.1, 0.15) is 0 Å². The van der Waals surface area contributed by atoms with Gasteiger partial charge in [0.2, 0.25) is 6.29 Å². The van der Waals surface area contributed by atoms with Crippen LogP contribution in [0, 0.1) is 0 Å². The number of alkyl halides is 2. The molecule has 5 heteroatoms. The summed E-state index contributed by atoms with van der Waals surface area (Å²) in [5, 5.41) is 0. The maximum absolute atomic E-state index is 12.2. The average molecular weight is 198 g/mol. The minimum absolute atomic E-state index is 0.249. The largest absolute Gasteiger partial charge is 0.389 e. The van der Waals surface area contributed by atoms with E-state index < -0.39 is 21.0 Å². The van der Waals surface area contributed by atoms with Crippen LogP contribution in [0.2, 0.25) is 19.6 Å². The van der Waals surface area contributed by atoms with E-state index in [-0.39, 0.29) is 6.61 Å². The van der Waals surface area contributed by atoms with Gasteiger partial charge < -0.3 is 9.16 Å². The van der Waals surface area contributed by atoms with Crippen LogP contribution in [0.15, 0.2) is 0 Å². The molecule has 0 aromatic heterocycles. The molecule has 2 nitrogen and oxygen atoms in total. The molecule has 0 bridgehead atoms. The molecule has 0 aromatic carbocycles. The molecule has 12 heavy (non-hydrogen) atoms. The lowest BCUT2D eigenvalue weighted by molar-refractivity contribution is -0.161. The summed E-state index contributed by atoms with van der Waals surface area (Å²) >= 11 is 0. The number of ether oxygens (including phenoxy) is 1. The highest BCUT2D eigenvalue weighted by Crippen LogP contribution is 2.14. The predicted octanol–water partition coefficient (Wildman–Crippen LogP) is 2.47. The molecular formula is C7H16F2O2Si. The highest BCUT2D eigenvalue weighted by atomic mass is 28.4. The van der Waals surface area contributed by atoms with Crippen molar-refractivity contribution in [3.05, 3.63) is 0 Å². The molecule has 0 saturated heterocycles. The van der Waals surface area contributed by atoms with E-state index in [1.54, 1.807) is 6.92 Å². The quantitative estimate of drug-likeness (QED) is 0.499. The molecule has 0 aliphatic rings. The van der Waals surface area contributed by atoms with Gasteiger partial charge >= 0.3 is 0 Å². The Labute approximate surface area is 73.0 Å². The van der Waals surface area contributed by atoms with Gasteiger partial charge in [-0.25, -0.2) is 8.78 Å². The van der Waals surface area contributed by atoms with Crippen molar-refractivity contribution in [1.82, 2.24) is 0 Å². The standard InChI is InChI=1S/C7H16F2O2Si/c1-5-10-7(6(8)9)11-12(2,3)4/h6-7H,5H2,1-4H3. The predicted molar refractivity (Wildman–Crippen MR) is 45.8 cm³/mol. The minimum Gasteiger partial charge on any atom is -0.389 e. The number of rotatable bonds is 5. The van der Waals surface area contributed by atoms with E-state index in [9.17, 15) is 8.78 Å². The van der Waals surface area contributed by atoms with Crippen molar-refractivity contribution in [2.45, 2.75) is 39.3 Å². The second-order valence-corrected chi connectivity index (χ2v) is 7.85. The molecule has 0 rings (SSSR count). The summed E-state index contributed by atoms with van der Waals surface area (Å²) in [6, 6.07) is 0. The summed E-state index contributed by atoms with van der Waals surface area (Å²) in [6.45, 7) is 7.46. The van der Waals surface area contributed by atoms with Crippen LogP contribution in [0.25, 0.3) is 0 Å². The Morgan fingerprint density at radius 2 is 1.75 bits per heavy atom. The van der Waals surface area contributed by atoms with Gasteiger partial charge in [0.15, 0.2) is 8.32 Å². The molecule has 0 aliphatic carbocycles. The highest BCUT2D eigenvalue weighted by molar-refractivity contribution is 6.69. The summed E-state index contributed by atoms with van der Waals surface area (Å²) in [4.78, 5) is 0. The van der Waals surface area contributed by atoms with Crippen LogP contribution < -0.4 is 0 Å². The zero-order valence-corrected chi connectivity index (χ0v) is 8.93. The zero-order valence-electron chi connectivity index (χ0n) is 7.93. The first-order valence-corrected chi connectivity index (χ1v) is 7.35. The third kappa shape index (κ3) is 5.62. The first-order chi connectivity index (χ1) is 5.37. The van der Waals surface area contributed by atoms with Crippen LogP contribution in [0.5, 0.6) is 0 Å². The molecule has 74 valence electrons. The molecule has 1 unspecified atom stereocenters. The van der Waals surface area contributed by atoms with E-state index in [2.05, 4.69) is 0 Å². The summed E-state index contributed by atoms with van der Waals surface area (Å²) < 4.78 is 34.2. The van der Waals surface area contributed by atoms with Gasteiger partial charge in [-0.3, -0.25) is 0 Å². The normalized spacial score (nSPS) is 15.2. The van der Waals surface area contributed by atoms with Gasteiger partial charge in [0.25, 0.3) is 6.43 Å². The second kappa shape index (κ2) is 4.89. The molecule has 0 heterocycles. The van der Waals surface area contributed by atoms with Gasteiger partial charge in [-0.15, -0.1) is 0 Å². The molecule has 0 aromatic rings. The SMILES string of the molecule is CCOC(O[Si](C)(C)C)C(F)F. The zero-order chi connectivity index (χ0) is 9.78. The van der Waals surface area contributed by atoms with Crippen molar-refractivity contribution in [1.29, 1.82) is 0 Å². The van der Waals surface area contributed by atoms with Gasteiger partial charge in [0.05, 0.1) is 0 Å². The Bertz CT molecular complexity index is 125. The smallest absolute Gasteiger partial charge is 0.287 e. The average Bonchev–Trinajstić information content (AvgIpc) is 1.83. The van der Waals surface area contributed by atoms with Crippen LogP contribution in [-0.2, 0) is 9.16 Å². The minimum atomic E-state index is -2.56. The Morgan fingerprint density at radius 1 is 1.25 bits per heavy atom. The van der Waals surface area contributed by atoms with E-state index in [0.29, 0.717) is 0 Å². The number of hydrogen-bond acceptors (Lipinski definition) is 2. The van der Waals surface area contributed by atoms with E-state index in [0.717, 1.165) is 0 Å². The van der Waals surface area contributed by atoms with Crippen LogP contribution in [0.1, 0.15) is 6.92 Å². The lowest BCUT2D eigenvalue weighted by Gasteiger charge is -2.25. The van der Waals surface area contributed by atoms with Gasteiger partial charge in [-0.2, -0.15) is 0 Å². The molecule has 0 radical (unpaired) electrons. The van der Waals surface area contributed by atoms with Crippen molar-refractivity contribution >= 4 is 8.32 Å². The topological polar surface area (TPSA) is 18.5 Å². The Balaban J connectivity index is 3.95. The molecule has 1 atom stereocenters. The Hall–Kier alpha value is -0.00312. The van der Waals surface area contributed by atoms with Gasteiger partial charge in [-0.05, 0) is 26.6 Å². The lowest BCUT2D eigenvalue weighted by Crippen LogP contribution is -2.37. The molecule has 0 spiro atoms. The van der Waals surface area contributed by atoms with E-state index >= 15 is 0 Å². The van der Waals surface area contributed by atoms with Gasteiger partial charge in [0, 0.05) is 6.61 Å². The third-order valence-electron chi connectivity index (χ3n) is 1.01. The molecule has 0 fully saturated rings. The molecule has 0 aliphatic heterocycles. The van der Waals surface area contributed by atoms with Crippen LogP contribution >= 0.6 is 0 Å². The summed E-state index contributed by atoms with van der Waals surface area (Å²) in [6.07, 6.45) is -3.90. The van der Waals surface area contributed by atoms with Crippen molar-refractivity contribution < 1.29 is 17.9 Å². The molecule has 0 N–H and O–H groups in total. The van der Waals surface area contributed by atoms with Crippen LogP contribution in [-0.4, -0.2) is 27.6 Å². The number of halogens is 2. The van der Waals surface area contributed by atoms with E-state index in [4.69, 9.17) is 9.16 Å². The van der Waals surface area contributed by atoms with Crippen molar-refractivity contribution in [2.24, 2.45) is 0 Å². The van der Waals surface area contributed by atoms with Gasteiger partial charge in [-0.1, -0.05) is 0 Å². The van der Waals surface area contributed by atoms with Crippen LogP contribution in [0.4, 0.5) is 8.78 Å². The fourth-order valence-corrected chi connectivity index (χ4v) is 1.54. The lowest BCUT2D eigenvalue weighted by atomic mass is 10.7. The molecule has 0 amide bonds. The third-order valence-corrected chi connectivity index (χ3v) is 1.95. The first kappa shape index (κ1) is 12.0. The van der Waals surface area contributed by atoms with Crippen molar-refractivity contribution in [2.75, 3.05) is 6.61 Å². The molecular weight excluding hydrogens is 182 g/mol. The van der Waals surface area contributed by atoms with Crippen molar-refractivity contribution in [3.8, 4) is 0 Å². The fourth-order valence-electron chi connectivity index (χ4n) is 0.671. The summed E-state index contributed by atoms with van der Waals surface area (Å²) in [7, 11) is -1.93. The maximum Gasteiger partial charge on any atom is 0.287 e. The monoisotopic (exact) mass is 198 g/mol. The Morgan fingerprint density at radius 3 is 2.00 bits per heavy atom. The molecule has 0 saturated carbocycles. The first-order valence-electron chi connectivity index (χ1n) is 3.94. The summed E-state index contributed by atoms with van der Waals surface area (Å²) in [5.74, 6) is 0. The highest BCUT2D eigenvalue weighted by Gasteiger charge is 2.28. The van der Waals surface area contributed by atoms with E-state index in [1.165, 1.54) is 0 Å². The van der Waals surface area contributed by atoms with Crippen molar-refractivity contribution in [3.63, 3.8) is 0 Å². The van der Waals surface area contributed by atoms with Crippen LogP contribution in [0.3, 0.4) is 0 Å². The second-order valence-electron chi connectivity index (χ2n) is 3.39.